The number of alkyl carbamates (subject to hydrolysis) is 1. The summed E-state index contributed by atoms with van der Waals surface area (Å²) in [6.45, 7) is 11.0. The molecule has 2 aliphatic rings. The molecule has 2 fully saturated rings. The maximum atomic E-state index is 12.6. The first-order chi connectivity index (χ1) is 10.8. The van der Waals surface area contributed by atoms with Gasteiger partial charge in [0.15, 0.2) is 0 Å². The van der Waals surface area contributed by atoms with Gasteiger partial charge in [-0.1, -0.05) is 0 Å². The number of likely N-dealkylation sites (tertiary alicyclic amines) is 2. The third kappa shape index (κ3) is 5.37. The van der Waals surface area contributed by atoms with Gasteiger partial charge in [0.2, 0.25) is 5.91 Å². The Kier molecular flexibility index (Phi) is 5.89. The highest BCUT2D eigenvalue weighted by Crippen LogP contribution is 2.21. The monoisotopic (exact) mass is 325 g/mol. The fourth-order valence-corrected chi connectivity index (χ4v) is 3.38. The third-order valence-electron chi connectivity index (χ3n) is 4.47. The van der Waals surface area contributed by atoms with E-state index >= 15 is 0 Å². The average Bonchev–Trinajstić information content (AvgIpc) is 2.98. The van der Waals surface area contributed by atoms with Crippen molar-refractivity contribution in [2.45, 2.75) is 71.1 Å². The fraction of sp³-hybridized carbons (Fsp3) is 0.882. The van der Waals surface area contributed by atoms with E-state index in [1.165, 1.54) is 12.8 Å². The van der Waals surface area contributed by atoms with Gasteiger partial charge in [-0.3, -0.25) is 9.69 Å². The molecule has 2 rings (SSSR count). The summed E-state index contributed by atoms with van der Waals surface area (Å²) in [5.41, 5.74) is -0.557. The van der Waals surface area contributed by atoms with Crippen LogP contribution >= 0.6 is 0 Å². The number of rotatable bonds is 3. The van der Waals surface area contributed by atoms with E-state index in [1.807, 2.05) is 25.7 Å². The lowest BCUT2D eigenvalue weighted by atomic mass is 10.0. The van der Waals surface area contributed by atoms with Crippen molar-refractivity contribution in [3.8, 4) is 0 Å². The Balaban J connectivity index is 1.84. The van der Waals surface area contributed by atoms with Gasteiger partial charge in [-0.2, -0.15) is 0 Å². The molecule has 0 spiro atoms. The molecule has 132 valence electrons. The average molecular weight is 325 g/mol. The summed E-state index contributed by atoms with van der Waals surface area (Å²) in [5.74, 6) is -0.0141. The van der Waals surface area contributed by atoms with Gasteiger partial charge >= 0.3 is 6.09 Å². The molecule has 2 aliphatic heterocycles. The number of hydrogen-bond acceptors (Lipinski definition) is 4. The molecule has 23 heavy (non-hydrogen) atoms. The predicted octanol–water partition coefficient (Wildman–Crippen LogP) is 1.99. The molecule has 6 heteroatoms. The number of carbonyl (C=O) groups is 2. The molecule has 2 heterocycles. The number of carbonyl (C=O) groups excluding carboxylic acids is 2. The second-order valence-electron chi connectivity index (χ2n) is 7.69. The Morgan fingerprint density at radius 1 is 1.13 bits per heavy atom. The molecule has 1 unspecified atom stereocenters. The van der Waals surface area contributed by atoms with Crippen LogP contribution in [0.25, 0.3) is 0 Å². The van der Waals surface area contributed by atoms with Crippen molar-refractivity contribution in [3.05, 3.63) is 0 Å². The Hall–Kier alpha value is -1.30. The quantitative estimate of drug-likeness (QED) is 0.862. The van der Waals surface area contributed by atoms with E-state index in [-0.39, 0.29) is 5.91 Å². The second-order valence-corrected chi connectivity index (χ2v) is 7.69. The van der Waals surface area contributed by atoms with Crippen LogP contribution in [0.5, 0.6) is 0 Å². The number of nitrogens with one attached hydrogen (secondary N) is 1. The Morgan fingerprint density at radius 2 is 1.78 bits per heavy atom. The summed E-state index contributed by atoms with van der Waals surface area (Å²) >= 11 is 0. The molecule has 0 aliphatic carbocycles. The summed E-state index contributed by atoms with van der Waals surface area (Å²) in [4.78, 5) is 28.8. The van der Waals surface area contributed by atoms with E-state index in [9.17, 15) is 9.59 Å². The van der Waals surface area contributed by atoms with Gasteiger partial charge in [0.1, 0.15) is 11.6 Å². The molecule has 0 saturated carbocycles. The van der Waals surface area contributed by atoms with E-state index in [0.29, 0.717) is 6.04 Å². The van der Waals surface area contributed by atoms with Crippen molar-refractivity contribution in [1.29, 1.82) is 0 Å². The molecule has 2 atom stereocenters. The Labute approximate surface area is 139 Å². The molecule has 0 aromatic heterocycles. The van der Waals surface area contributed by atoms with Crippen LogP contribution in [0.4, 0.5) is 4.79 Å². The molecule has 2 amide bonds. The topological polar surface area (TPSA) is 61.9 Å². The van der Waals surface area contributed by atoms with Crippen molar-refractivity contribution in [3.63, 3.8) is 0 Å². The van der Waals surface area contributed by atoms with Gasteiger partial charge in [0.05, 0.1) is 0 Å². The molecular weight excluding hydrogens is 294 g/mol. The standard InChI is InChI=1S/C17H31N3O3/c1-13(18-16(22)23-17(2,3)4)15(21)20-11-7-8-14(12-20)19-9-5-6-10-19/h13-14H,5-12H2,1-4H3,(H,18,22)/t13-,14?/m1/s1. The zero-order valence-electron chi connectivity index (χ0n) is 14.9. The number of ether oxygens (including phenoxy) is 1. The van der Waals surface area contributed by atoms with Crippen LogP contribution in [0.1, 0.15) is 53.4 Å². The Bertz CT molecular complexity index is 427. The third-order valence-corrected chi connectivity index (χ3v) is 4.47. The van der Waals surface area contributed by atoms with Crippen molar-refractivity contribution < 1.29 is 14.3 Å². The zero-order valence-corrected chi connectivity index (χ0v) is 14.9. The highest BCUT2D eigenvalue weighted by Gasteiger charge is 2.31. The normalized spacial score (nSPS) is 24.3. The van der Waals surface area contributed by atoms with E-state index in [0.717, 1.165) is 39.0 Å². The molecule has 0 aromatic carbocycles. The molecule has 0 radical (unpaired) electrons. The van der Waals surface area contributed by atoms with Crippen LogP contribution in [0.15, 0.2) is 0 Å². The van der Waals surface area contributed by atoms with Crippen LogP contribution in [0.3, 0.4) is 0 Å². The highest BCUT2D eigenvalue weighted by atomic mass is 16.6. The van der Waals surface area contributed by atoms with Gasteiger partial charge in [-0.25, -0.2) is 4.79 Å². The van der Waals surface area contributed by atoms with Crippen molar-refractivity contribution in [2.75, 3.05) is 26.2 Å². The van der Waals surface area contributed by atoms with E-state index in [2.05, 4.69) is 10.2 Å². The molecule has 0 bridgehead atoms. The summed E-state index contributed by atoms with van der Waals surface area (Å²) in [6, 6.07) is -0.0777. The summed E-state index contributed by atoms with van der Waals surface area (Å²) < 4.78 is 5.22. The highest BCUT2D eigenvalue weighted by molar-refractivity contribution is 5.85. The fourth-order valence-electron chi connectivity index (χ4n) is 3.38. The van der Waals surface area contributed by atoms with Crippen LogP contribution in [-0.2, 0) is 9.53 Å². The largest absolute Gasteiger partial charge is 0.444 e. The first-order valence-corrected chi connectivity index (χ1v) is 8.78. The lowest BCUT2D eigenvalue weighted by Crippen LogP contribution is -2.54. The lowest BCUT2D eigenvalue weighted by molar-refractivity contribution is -0.135. The number of nitrogens with zero attached hydrogens (tertiary/aromatic N) is 2. The maximum Gasteiger partial charge on any atom is 0.408 e. The minimum atomic E-state index is -0.557. The molecule has 1 N–H and O–H groups in total. The number of piperidine rings is 1. The van der Waals surface area contributed by atoms with Crippen LogP contribution < -0.4 is 5.32 Å². The molecule has 2 saturated heterocycles. The lowest BCUT2D eigenvalue weighted by Gasteiger charge is -2.38. The van der Waals surface area contributed by atoms with Crippen molar-refractivity contribution >= 4 is 12.0 Å². The van der Waals surface area contributed by atoms with Crippen LogP contribution in [-0.4, -0.2) is 65.7 Å². The first kappa shape index (κ1) is 18.0. The first-order valence-electron chi connectivity index (χ1n) is 8.78. The summed E-state index contributed by atoms with van der Waals surface area (Å²) in [5, 5.41) is 2.65. The van der Waals surface area contributed by atoms with E-state index < -0.39 is 17.7 Å². The summed E-state index contributed by atoms with van der Waals surface area (Å²) in [7, 11) is 0. The zero-order chi connectivity index (χ0) is 17.0. The van der Waals surface area contributed by atoms with Crippen LogP contribution in [0.2, 0.25) is 0 Å². The minimum absolute atomic E-state index is 0.0141. The van der Waals surface area contributed by atoms with Gasteiger partial charge < -0.3 is 15.0 Å². The van der Waals surface area contributed by atoms with Crippen molar-refractivity contribution in [1.82, 2.24) is 15.1 Å². The van der Waals surface area contributed by atoms with Gasteiger partial charge in [0.25, 0.3) is 0 Å². The maximum absolute atomic E-state index is 12.6. The van der Waals surface area contributed by atoms with E-state index in [4.69, 9.17) is 4.74 Å². The van der Waals surface area contributed by atoms with Gasteiger partial charge in [0, 0.05) is 19.1 Å². The smallest absolute Gasteiger partial charge is 0.408 e. The van der Waals surface area contributed by atoms with Crippen LogP contribution in [0, 0.1) is 0 Å². The SMILES string of the molecule is C[C@@H](NC(=O)OC(C)(C)C)C(=O)N1CCCC(N2CCCC2)C1. The number of amides is 2. The molecular formula is C17H31N3O3. The van der Waals surface area contributed by atoms with Gasteiger partial charge in [-0.15, -0.1) is 0 Å². The Morgan fingerprint density at radius 3 is 2.39 bits per heavy atom. The second kappa shape index (κ2) is 7.51. The predicted molar refractivity (Wildman–Crippen MR) is 89.2 cm³/mol. The molecule has 0 aromatic rings. The summed E-state index contributed by atoms with van der Waals surface area (Å²) in [6.07, 6.45) is 4.19. The molecule has 6 nitrogen and oxygen atoms in total. The van der Waals surface area contributed by atoms with Gasteiger partial charge in [-0.05, 0) is 66.5 Å². The number of hydrogen-bond donors (Lipinski definition) is 1. The van der Waals surface area contributed by atoms with E-state index in [1.54, 1.807) is 6.92 Å². The minimum Gasteiger partial charge on any atom is -0.444 e. The van der Waals surface area contributed by atoms with Crippen molar-refractivity contribution in [2.24, 2.45) is 0 Å².